The number of fused-ring (bicyclic) bond motifs is 1. The molecule has 2 aromatic heterocycles. The lowest BCUT2D eigenvalue weighted by Gasteiger charge is -2.14. The number of hydrogen-bond acceptors (Lipinski definition) is 6. The van der Waals surface area contributed by atoms with Crippen molar-refractivity contribution in [1.29, 1.82) is 0 Å². The van der Waals surface area contributed by atoms with Gasteiger partial charge < -0.3 is 10.4 Å². The molecule has 4 rings (SSSR count). The Balaban J connectivity index is 1.63. The van der Waals surface area contributed by atoms with Crippen molar-refractivity contribution in [3.8, 4) is 0 Å². The van der Waals surface area contributed by atoms with Crippen LogP contribution in [0.4, 0.5) is 5.69 Å². The molecule has 2 N–H and O–H groups in total. The maximum absolute atomic E-state index is 13.1. The topological polar surface area (TPSA) is 101 Å². The molecular weight excluding hydrogens is 446 g/mol. The molecule has 0 fully saturated rings. The summed E-state index contributed by atoms with van der Waals surface area (Å²) in [6, 6.07) is 17.2. The van der Waals surface area contributed by atoms with Crippen LogP contribution in [0.3, 0.4) is 0 Å². The summed E-state index contributed by atoms with van der Waals surface area (Å²) >= 11 is 2.63. The van der Waals surface area contributed by atoms with Crippen molar-refractivity contribution in [2.45, 2.75) is 29.7 Å². The van der Waals surface area contributed by atoms with Gasteiger partial charge in [-0.2, -0.15) is 0 Å². The van der Waals surface area contributed by atoms with Crippen LogP contribution in [0.2, 0.25) is 0 Å². The third kappa shape index (κ3) is 4.44. The molecule has 0 aliphatic rings. The van der Waals surface area contributed by atoms with Gasteiger partial charge in [-0.25, -0.2) is 9.78 Å². The molecule has 0 atom stereocenters. The van der Waals surface area contributed by atoms with Crippen molar-refractivity contribution in [2.75, 3.05) is 5.32 Å². The quantitative estimate of drug-likeness (QED) is 0.416. The highest BCUT2D eigenvalue weighted by Crippen LogP contribution is 2.33. The van der Waals surface area contributed by atoms with Crippen LogP contribution in [-0.4, -0.2) is 26.5 Å². The molecule has 0 radical (unpaired) electrons. The van der Waals surface area contributed by atoms with Gasteiger partial charge in [0.2, 0.25) is 5.91 Å². The minimum Gasteiger partial charge on any atom is -0.478 e. The first kappa shape index (κ1) is 21.8. The summed E-state index contributed by atoms with van der Waals surface area (Å²) in [5.41, 5.74) is 0.0183. The Kier molecular flexibility index (Phi) is 6.38. The van der Waals surface area contributed by atoms with Crippen LogP contribution in [0.25, 0.3) is 10.2 Å². The number of carboxylic acids is 1. The van der Waals surface area contributed by atoms with E-state index in [9.17, 15) is 19.5 Å². The lowest BCUT2D eigenvalue weighted by molar-refractivity contribution is -0.116. The van der Waals surface area contributed by atoms with Gasteiger partial charge in [-0.15, -0.1) is 11.3 Å². The number of thiophene rings is 1. The van der Waals surface area contributed by atoms with E-state index in [1.54, 1.807) is 6.07 Å². The number of benzene rings is 2. The smallest absolute Gasteiger partial charge is 0.337 e. The van der Waals surface area contributed by atoms with Crippen molar-refractivity contribution >= 4 is 50.9 Å². The van der Waals surface area contributed by atoms with Gasteiger partial charge in [0.15, 0.2) is 0 Å². The van der Waals surface area contributed by atoms with Gasteiger partial charge in [-0.05, 0) is 24.3 Å². The predicted molar refractivity (Wildman–Crippen MR) is 126 cm³/mol. The first-order valence-corrected chi connectivity index (χ1v) is 11.5. The van der Waals surface area contributed by atoms with Crippen LogP contribution in [0.15, 0.2) is 74.6 Å². The number of amides is 1. The lowest BCUT2D eigenvalue weighted by Crippen LogP contribution is -2.31. The zero-order valence-corrected chi connectivity index (χ0v) is 18.7. The predicted octanol–water partition coefficient (Wildman–Crippen LogP) is 4.51. The number of rotatable bonds is 7. The van der Waals surface area contributed by atoms with Crippen LogP contribution < -0.4 is 10.9 Å². The molecule has 4 aromatic rings. The number of carbonyl (C=O) groups is 2. The number of aromatic carboxylic acids is 1. The van der Waals surface area contributed by atoms with E-state index < -0.39 is 17.4 Å². The largest absolute Gasteiger partial charge is 0.478 e. The van der Waals surface area contributed by atoms with Crippen molar-refractivity contribution in [1.82, 2.24) is 9.55 Å². The number of hydrogen-bond donors (Lipinski definition) is 2. The molecule has 0 bridgehead atoms. The van der Waals surface area contributed by atoms with Gasteiger partial charge in [0.25, 0.3) is 5.56 Å². The number of aromatic nitrogens is 2. The van der Waals surface area contributed by atoms with Gasteiger partial charge in [-0.1, -0.05) is 49.0 Å². The maximum Gasteiger partial charge on any atom is 0.337 e. The number of aryl methyl sites for hydroxylation is 1. The van der Waals surface area contributed by atoms with E-state index in [-0.39, 0.29) is 17.5 Å². The number of nitrogens with one attached hydrogen (secondary N) is 1. The average molecular weight is 466 g/mol. The minimum absolute atomic E-state index is 0.0348. The molecule has 0 unspecified atom stereocenters. The monoisotopic (exact) mass is 465 g/mol. The zero-order chi connectivity index (χ0) is 22.7. The van der Waals surface area contributed by atoms with Gasteiger partial charge in [-0.3, -0.25) is 14.2 Å². The highest BCUT2D eigenvalue weighted by molar-refractivity contribution is 7.99. The SMILES string of the molecule is CCc1nc2scc(C(=O)O)c2c(=O)n1CC(=O)Nc1ccccc1Sc1ccccc1. The van der Waals surface area contributed by atoms with Crippen LogP contribution >= 0.6 is 23.1 Å². The van der Waals surface area contributed by atoms with Crippen molar-refractivity contribution in [3.63, 3.8) is 0 Å². The average Bonchev–Trinajstić information content (AvgIpc) is 3.22. The molecule has 0 aliphatic carbocycles. The van der Waals surface area contributed by atoms with E-state index in [0.717, 1.165) is 21.1 Å². The Morgan fingerprint density at radius 3 is 2.56 bits per heavy atom. The number of nitrogens with zero attached hydrogens (tertiary/aromatic N) is 2. The summed E-state index contributed by atoms with van der Waals surface area (Å²) in [6.45, 7) is 1.57. The summed E-state index contributed by atoms with van der Waals surface area (Å²) in [5, 5.41) is 13.7. The van der Waals surface area contributed by atoms with E-state index >= 15 is 0 Å². The molecule has 162 valence electrons. The van der Waals surface area contributed by atoms with E-state index in [2.05, 4.69) is 10.3 Å². The molecule has 9 heteroatoms. The molecule has 32 heavy (non-hydrogen) atoms. The Labute approximate surface area is 191 Å². The maximum atomic E-state index is 13.1. The fourth-order valence-electron chi connectivity index (χ4n) is 3.26. The van der Waals surface area contributed by atoms with E-state index in [1.165, 1.54) is 21.7 Å². The zero-order valence-electron chi connectivity index (χ0n) is 17.1. The molecule has 0 saturated heterocycles. The number of anilines is 1. The molecule has 0 aliphatic heterocycles. The van der Waals surface area contributed by atoms with E-state index in [4.69, 9.17) is 0 Å². The summed E-state index contributed by atoms with van der Waals surface area (Å²) in [6.07, 6.45) is 0.430. The number of carbonyl (C=O) groups excluding carboxylic acids is 1. The molecule has 2 heterocycles. The van der Waals surface area contributed by atoms with Gasteiger partial charge >= 0.3 is 5.97 Å². The molecule has 0 spiro atoms. The van der Waals surface area contributed by atoms with E-state index in [0.29, 0.717) is 22.8 Å². The second kappa shape index (κ2) is 9.37. The number of para-hydroxylation sites is 1. The summed E-state index contributed by atoms with van der Waals surface area (Å²) in [7, 11) is 0. The van der Waals surface area contributed by atoms with Crippen molar-refractivity contribution < 1.29 is 14.7 Å². The fraction of sp³-hybridized carbons (Fsp3) is 0.130. The van der Waals surface area contributed by atoms with Crippen LogP contribution in [-0.2, 0) is 17.8 Å². The van der Waals surface area contributed by atoms with Gasteiger partial charge in [0, 0.05) is 21.6 Å². The first-order valence-electron chi connectivity index (χ1n) is 9.84. The summed E-state index contributed by atoms with van der Waals surface area (Å²) in [4.78, 5) is 44.1. The third-order valence-electron chi connectivity index (χ3n) is 4.75. The highest BCUT2D eigenvalue weighted by Gasteiger charge is 2.20. The second-order valence-electron chi connectivity index (χ2n) is 6.87. The Hall–Kier alpha value is -3.43. The minimum atomic E-state index is -1.19. The molecule has 0 saturated carbocycles. The molecule has 1 amide bonds. The van der Waals surface area contributed by atoms with Gasteiger partial charge in [0.1, 0.15) is 17.2 Å². The standard InChI is InChI=1S/C23H19N3O4S2/c1-2-18-25-21-20(15(13-31-21)23(29)30)22(28)26(18)12-19(27)24-16-10-6-7-11-17(16)32-14-8-4-3-5-9-14/h3-11,13H,2,12H2,1H3,(H,24,27)(H,29,30). The van der Waals surface area contributed by atoms with Crippen LogP contribution in [0, 0.1) is 0 Å². The fourth-order valence-corrected chi connectivity index (χ4v) is 5.11. The summed E-state index contributed by atoms with van der Waals surface area (Å²) in [5.74, 6) is -1.15. The Morgan fingerprint density at radius 2 is 1.84 bits per heavy atom. The van der Waals surface area contributed by atoms with Crippen LogP contribution in [0.1, 0.15) is 23.1 Å². The lowest BCUT2D eigenvalue weighted by atomic mass is 10.2. The third-order valence-corrected chi connectivity index (χ3v) is 6.71. The number of carboxylic acid groups (broad SMARTS) is 1. The molecule has 2 aromatic carbocycles. The second-order valence-corrected chi connectivity index (χ2v) is 8.84. The normalized spacial score (nSPS) is 10.9. The van der Waals surface area contributed by atoms with Crippen molar-refractivity contribution in [2.24, 2.45) is 0 Å². The highest BCUT2D eigenvalue weighted by atomic mass is 32.2. The summed E-state index contributed by atoms with van der Waals surface area (Å²) < 4.78 is 1.25. The Bertz CT molecular complexity index is 1360. The molecular formula is C23H19N3O4S2. The van der Waals surface area contributed by atoms with Gasteiger partial charge in [0.05, 0.1) is 16.6 Å². The van der Waals surface area contributed by atoms with Crippen LogP contribution in [0.5, 0.6) is 0 Å². The molecule has 7 nitrogen and oxygen atoms in total. The van der Waals surface area contributed by atoms with Crippen molar-refractivity contribution in [3.05, 3.63) is 81.7 Å². The first-order chi connectivity index (χ1) is 15.5. The Morgan fingerprint density at radius 1 is 1.12 bits per heavy atom. The van der Waals surface area contributed by atoms with E-state index in [1.807, 2.05) is 55.5 Å².